The van der Waals surface area contributed by atoms with Crippen LogP contribution in [0.5, 0.6) is 0 Å². The number of nitrogens with two attached hydrogens (primary N) is 1. The predicted molar refractivity (Wildman–Crippen MR) is 52.0 cm³/mol. The fraction of sp³-hybridized carbons (Fsp3) is 0.222. The molecule has 12 heavy (non-hydrogen) atoms. The molecule has 0 aliphatic heterocycles. The van der Waals surface area contributed by atoms with E-state index in [9.17, 15) is 0 Å². The number of nitrogen functional groups attached to an aromatic ring is 1. The van der Waals surface area contributed by atoms with Gasteiger partial charge < -0.3 is 5.73 Å². The molecule has 64 valence electrons. The third-order valence-electron chi connectivity index (χ3n) is 1.51. The molecule has 0 bridgehead atoms. The summed E-state index contributed by atoms with van der Waals surface area (Å²) in [4.78, 5) is 0. The van der Waals surface area contributed by atoms with Crippen LogP contribution in [0.3, 0.4) is 0 Å². The Labute approximate surface area is 78.4 Å². The van der Waals surface area contributed by atoms with Crippen molar-refractivity contribution in [1.29, 1.82) is 5.26 Å². The largest absolute Gasteiger partial charge is 0.399 e. The number of hydrogen-bond donors (Lipinski definition) is 1. The molecule has 0 unspecified atom stereocenters. The van der Waals surface area contributed by atoms with E-state index < -0.39 is 0 Å². The number of hydrogen-bond acceptors (Lipinski definition) is 2. The number of nitriles is 1. The van der Waals surface area contributed by atoms with Crippen LogP contribution in [-0.2, 0) is 6.42 Å². The quantitative estimate of drug-likeness (QED) is 0.713. The molecule has 0 atom stereocenters. The minimum absolute atomic E-state index is 0. The van der Waals surface area contributed by atoms with E-state index in [-0.39, 0.29) is 12.4 Å². The molecule has 3 heteroatoms. The van der Waals surface area contributed by atoms with Crippen LogP contribution in [0.2, 0.25) is 0 Å². The number of rotatable bonds is 2. The number of nitrogens with zero attached hydrogens (tertiary/aromatic N) is 1. The van der Waals surface area contributed by atoms with Gasteiger partial charge in [0.1, 0.15) is 0 Å². The summed E-state index contributed by atoms with van der Waals surface area (Å²) in [6, 6.07) is 9.71. The summed E-state index contributed by atoms with van der Waals surface area (Å²) >= 11 is 0. The Balaban J connectivity index is 0.00000121. The average molecular weight is 183 g/mol. The molecule has 0 aliphatic carbocycles. The minimum Gasteiger partial charge on any atom is -0.399 e. The molecule has 1 aromatic rings. The first-order valence-electron chi connectivity index (χ1n) is 3.54. The lowest BCUT2D eigenvalue weighted by Gasteiger charge is -1.96. The van der Waals surface area contributed by atoms with Gasteiger partial charge in [-0.2, -0.15) is 5.26 Å². The molecule has 1 aromatic carbocycles. The lowest BCUT2D eigenvalue weighted by Crippen LogP contribution is -1.86. The highest BCUT2D eigenvalue weighted by atomic mass is 35.5. The molecule has 0 heterocycles. The summed E-state index contributed by atoms with van der Waals surface area (Å²) in [7, 11) is 0. The van der Waals surface area contributed by atoms with Gasteiger partial charge in [-0.3, -0.25) is 0 Å². The highest BCUT2D eigenvalue weighted by Gasteiger charge is 1.90. The molecule has 0 aromatic heterocycles. The Morgan fingerprint density at radius 2 is 1.83 bits per heavy atom. The van der Waals surface area contributed by atoms with Crippen LogP contribution in [0, 0.1) is 11.3 Å². The second-order valence-electron chi connectivity index (χ2n) is 2.40. The third kappa shape index (κ3) is 3.27. The highest BCUT2D eigenvalue weighted by Crippen LogP contribution is 2.06. The maximum Gasteiger partial charge on any atom is 0.0625 e. The van der Waals surface area contributed by atoms with Gasteiger partial charge in [0.25, 0.3) is 0 Å². The maximum atomic E-state index is 8.31. The van der Waals surface area contributed by atoms with E-state index in [0.29, 0.717) is 6.42 Å². The second-order valence-corrected chi connectivity index (χ2v) is 2.40. The lowest BCUT2D eigenvalue weighted by atomic mass is 10.1. The fourth-order valence-corrected chi connectivity index (χ4v) is 0.885. The average Bonchev–Trinajstić information content (AvgIpc) is 2.04. The molecule has 0 saturated heterocycles. The van der Waals surface area contributed by atoms with E-state index in [0.717, 1.165) is 12.1 Å². The summed E-state index contributed by atoms with van der Waals surface area (Å²) in [5, 5.41) is 8.31. The Hall–Kier alpha value is -1.20. The van der Waals surface area contributed by atoms with Crippen molar-refractivity contribution in [3.8, 4) is 6.07 Å². The Morgan fingerprint density at radius 3 is 2.33 bits per heavy atom. The second kappa shape index (κ2) is 5.45. The van der Waals surface area contributed by atoms with E-state index in [1.54, 1.807) is 0 Å². The van der Waals surface area contributed by atoms with Crippen molar-refractivity contribution in [1.82, 2.24) is 0 Å². The first-order chi connectivity index (χ1) is 5.33. The summed E-state index contributed by atoms with van der Waals surface area (Å²) in [5.74, 6) is 0. The van der Waals surface area contributed by atoms with Gasteiger partial charge in [0.05, 0.1) is 6.07 Å². The van der Waals surface area contributed by atoms with Crippen LogP contribution in [0.4, 0.5) is 5.69 Å². The number of halogens is 1. The van der Waals surface area contributed by atoms with Crippen LogP contribution in [0.25, 0.3) is 0 Å². The zero-order chi connectivity index (χ0) is 8.10. The standard InChI is InChI=1S/C9H10N2.ClH/c10-7-1-2-8-3-5-9(11)6-4-8;/h3-6H,1-2,11H2;1H. The normalized spacial score (nSPS) is 8.25. The lowest BCUT2D eigenvalue weighted by molar-refractivity contribution is 1.01. The molecule has 0 spiro atoms. The molecule has 0 fully saturated rings. The van der Waals surface area contributed by atoms with Crippen LogP contribution in [0.1, 0.15) is 12.0 Å². The fourth-order valence-electron chi connectivity index (χ4n) is 0.885. The van der Waals surface area contributed by atoms with Gasteiger partial charge >= 0.3 is 0 Å². The van der Waals surface area contributed by atoms with Gasteiger partial charge in [0.2, 0.25) is 0 Å². The van der Waals surface area contributed by atoms with Gasteiger partial charge in [-0.1, -0.05) is 12.1 Å². The van der Waals surface area contributed by atoms with Gasteiger partial charge in [0, 0.05) is 12.1 Å². The van der Waals surface area contributed by atoms with E-state index in [2.05, 4.69) is 6.07 Å². The molecule has 2 N–H and O–H groups in total. The number of aryl methyl sites for hydroxylation is 1. The smallest absolute Gasteiger partial charge is 0.0625 e. The van der Waals surface area contributed by atoms with E-state index in [1.807, 2.05) is 24.3 Å². The SMILES string of the molecule is Cl.N#CCCc1ccc(N)cc1. The van der Waals surface area contributed by atoms with Crippen molar-refractivity contribution in [3.05, 3.63) is 29.8 Å². The van der Waals surface area contributed by atoms with Crippen molar-refractivity contribution < 1.29 is 0 Å². The Kier molecular flexibility index (Phi) is 4.91. The molecular weight excluding hydrogens is 172 g/mol. The van der Waals surface area contributed by atoms with Crippen LogP contribution < -0.4 is 5.73 Å². The van der Waals surface area contributed by atoms with Gasteiger partial charge in [-0.15, -0.1) is 12.4 Å². The van der Waals surface area contributed by atoms with Gasteiger partial charge in [-0.25, -0.2) is 0 Å². The van der Waals surface area contributed by atoms with Crippen LogP contribution >= 0.6 is 12.4 Å². The van der Waals surface area contributed by atoms with Crippen molar-refractivity contribution in [2.45, 2.75) is 12.8 Å². The summed E-state index contributed by atoms with van der Waals surface area (Å²) in [5.41, 5.74) is 7.43. The van der Waals surface area contributed by atoms with Crippen molar-refractivity contribution in [2.75, 3.05) is 5.73 Å². The number of anilines is 1. The Morgan fingerprint density at radius 1 is 1.25 bits per heavy atom. The van der Waals surface area contributed by atoms with Gasteiger partial charge in [0.15, 0.2) is 0 Å². The van der Waals surface area contributed by atoms with Crippen molar-refractivity contribution in [2.24, 2.45) is 0 Å². The Bertz CT molecular complexity index is 261. The number of benzene rings is 1. The first-order valence-corrected chi connectivity index (χ1v) is 3.54. The molecule has 2 nitrogen and oxygen atoms in total. The predicted octanol–water partition coefficient (Wildman–Crippen LogP) is 2.15. The molecule has 0 radical (unpaired) electrons. The summed E-state index contributed by atoms with van der Waals surface area (Å²) in [6.45, 7) is 0. The van der Waals surface area contributed by atoms with Crippen LogP contribution in [0.15, 0.2) is 24.3 Å². The molecule has 0 amide bonds. The maximum absolute atomic E-state index is 8.31. The zero-order valence-corrected chi connectivity index (χ0v) is 7.47. The topological polar surface area (TPSA) is 49.8 Å². The van der Waals surface area contributed by atoms with Gasteiger partial charge in [-0.05, 0) is 24.1 Å². The minimum atomic E-state index is 0. The van der Waals surface area contributed by atoms with Crippen LogP contribution in [-0.4, -0.2) is 0 Å². The van der Waals surface area contributed by atoms with Crippen molar-refractivity contribution >= 4 is 18.1 Å². The van der Waals surface area contributed by atoms with Crippen molar-refractivity contribution in [3.63, 3.8) is 0 Å². The van der Waals surface area contributed by atoms with E-state index in [1.165, 1.54) is 5.56 Å². The third-order valence-corrected chi connectivity index (χ3v) is 1.51. The van der Waals surface area contributed by atoms with E-state index in [4.69, 9.17) is 11.0 Å². The highest BCUT2D eigenvalue weighted by molar-refractivity contribution is 5.85. The molecule has 0 saturated carbocycles. The monoisotopic (exact) mass is 182 g/mol. The molecular formula is C9H11ClN2. The summed E-state index contributed by atoms with van der Waals surface area (Å²) < 4.78 is 0. The zero-order valence-electron chi connectivity index (χ0n) is 6.66. The molecule has 0 aliphatic rings. The first kappa shape index (κ1) is 10.8. The summed E-state index contributed by atoms with van der Waals surface area (Å²) in [6.07, 6.45) is 1.39. The molecule has 1 rings (SSSR count). The van der Waals surface area contributed by atoms with E-state index >= 15 is 0 Å².